The Hall–Kier alpha value is -1.99. The number of amides is 1. The molecule has 6 nitrogen and oxygen atoms in total. The fourth-order valence-electron chi connectivity index (χ4n) is 3.15. The normalized spacial score (nSPS) is 20.9. The second-order valence-electron chi connectivity index (χ2n) is 6.41. The highest BCUT2D eigenvalue weighted by atomic mass is 32.1. The first kappa shape index (κ1) is 16.9. The minimum Gasteiger partial charge on any atom is -0.386 e. The molecule has 3 heterocycles. The van der Waals surface area contributed by atoms with Gasteiger partial charge in [0.15, 0.2) is 0 Å². The van der Waals surface area contributed by atoms with Crippen molar-refractivity contribution in [3.05, 3.63) is 40.5 Å². The van der Waals surface area contributed by atoms with Crippen molar-refractivity contribution in [3.63, 3.8) is 0 Å². The largest absolute Gasteiger partial charge is 0.386 e. The summed E-state index contributed by atoms with van der Waals surface area (Å²) < 4.78 is 0. The molecule has 0 unspecified atom stereocenters. The summed E-state index contributed by atoms with van der Waals surface area (Å²) in [5.74, 6) is 0.779. The van der Waals surface area contributed by atoms with Crippen molar-refractivity contribution in [1.29, 1.82) is 0 Å². The van der Waals surface area contributed by atoms with E-state index in [4.69, 9.17) is 0 Å². The fourth-order valence-corrected chi connectivity index (χ4v) is 3.87. The maximum absolute atomic E-state index is 12.4. The molecule has 24 heavy (non-hydrogen) atoms. The maximum atomic E-state index is 12.4. The van der Waals surface area contributed by atoms with Gasteiger partial charge in [-0.05, 0) is 31.2 Å². The number of aryl methyl sites for hydroxylation is 1. The molecule has 1 N–H and O–H groups in total. The zero-order chi connectivity index (χ0) is 17.2. The minimum atomic E-state index is -0.932. The van der Waals surface area contributed by atoms with Crippen molar-refractivity contribution >= 4 is 23.1 Å². The Morgan fingerprint density at radius 2 is 2.33 bits per heavy atom. The van der Waals surface area contributed by atoms with Crippen molar-refractivity contribution in [2.24, 2.45) is 0 Å². The van der Waals surface area contributed by atoms with Gasteiger partial charge in [-0.1, -0.05) is 6.07 Å². The zero-order valence-electron chi connectivity index (χ0n) is 14.0. The van der Waals surface area contributed by atoms with Gasteiger partial charge in [0.1, 0.15) is 12.1 Å². The number of piperidine rings is 1. The number of nitrogens with zero attached hydrogens (tertiary/aromatic N) is 4. The van der Waals surface area contributed by atoms with E-state index < -0.39 is 5.60 Å². The van der Waals surface area contributed by atoms with Crippen LogP contribution in [-0.2, 0) is 0 Å². The molecule has 0 bridgehead atoms. The van der Waals surface area contributed by atoms with Gasteiger partial charge in [0.2, 0.25) is 0 Å². The first-order valence-electron chi connectivity index (χ1n) is 8.02. The third-order valence-corrected chi connectivity index (χ3v) is 5.14. The Bertz CT molecular complexity index is 706. The van der Waals surface area contributed by atoms with Gasteiger partial charge in [0, 0.05) is 31.9 Å². The van der Waals surface area contributed by atoms with Crippen molar-refractivity contribution in [1.82, 2.24) is 14.9 Å². The predicted molar refractivity (Wildman–Crippen MR) is 94.4 cm³/mol. The minimum absolute atomic E-state index is 0.0478. The van der Waals surface area contributed by atoms with Crippen molar-refractivity contribution in [2.75, 3.05) is 31.6 Å². The Labute approximate surface area is 145 Å². The molecule has 0 aliphatic carbocycles. The van der Waals surface area contributed by atoms with Gasteiger partial charge in [0.25, 0.3) is 5.91 Å². The SMILES string of the molecule is Cc1cc(N2CCC[C@@](O)(CN(C)C(=O)c3cccs3)C2)ncn1. The molecule has 128 valence electrons. The smallest absolute Gasteiger partial charge is 0.263 e. The lowest BCUT2D eigenvalue weighted by Gasteiger charge is -2.41. The van der Waals surface area contributed by atoms with Crippen molar-refractivity contribution in [3.8, 4) is 0 Å². The van der Waals surface area contributed by atoms with E-state index in [0.717, 1.165) is 24.5 Å². The Morgan fingerprint density at radius 1 is 1.50 bits per heavy atom. The molecule has 0 radical (unpaired) electrons. The summed E-state index contributed by atoms with van der Waals surface area (Å²) in [7, 11) is 1.74. The van der Waals surface area contributed by atoms with Gasteiger partial charge in [-0.15, -0.1) is 11.3 Å². The van der Waals surface area contributed by atoms with Crippen LogP contribution in [0.25, 0.3) is 0 Å². The number of aromatic nitrogens is 2. The van der Waals surface area contributed by atoms with Gasteiger partial charge >= 0.3 is 0 Å². The van der Waals surface area contributed by atoms with Gasteiger partial charge in [-0.3, -0.25) is 4.79 Å². The standard InChI is InChI=1S/C17H22N4O2S/c1-13-9-15(19-12-18-13)21-7-4-6-17(23,11-21)10-20(2)16(22)14-5-3-8-24-14/h3,5,8-9,12,23H,4,6-7,10-11H2,1-2H3/t17-/m1/s1. The summed E-state index contributed by atoms with van der Waals surface area (Å²) in [5.41, 5.74) is -0.0298. The molecule has 0 saturated carbocycles. The van der Waals surface area contributed by atoms with E-state index in [2.05, 4.69) is 14.9 Å². The van der Waals surface area contributed by atoms with E-state index in [1.165, 1.54) is 11.3 Å². The highest BCUT2D eigenvalue weighted by Crippen LogP contribution is 2.26. The van der Waals surface area contributed by atoms with Crippen LogP contribution in [0.4, 0.5) is 5.82 Å². The molecule has 7 heteroatoms. The van der Waals surface area contributed by atoms with Crippen LogP contribution in [0.2, 0.25) is 0 Å². The van der Waals surface area contributed by atoms with Gasteiger partial charge in [0.05, 0.1) is 17.0 Å². The number of carbonyl (C=O) groups is 1. The molecule has 2 aromatic heterocycles. The molecule has 3 rings (SSSR count). The highest BCUT2D eigenvalue weighted by molar-refractivity contribution is 7.12. The number of anilines is 1. The molecule has 2 aromatic rings. The summed E-state index contributed by atoms with van der Waals surface area (Å²) in [4.78, 5) is 25.2. The molecule has 1 fully saturated rings. The molecule has 0 aromatic carbocycles. The first-order chi connectivity index (χ1) is 11.5. The lowest BCUT2D eigenvalue weighted by atomic mass is 9.92. The summed E-state index contributed by atoms with van der Waals surface area (Å²) in [5, 5.41) is 12.9. The molecule has 1 saturated heterocycles. The van der Waals surface area contributed by atoms with E-state index in [1.54, 1.807) is 18.3 Å². The topological polar surface area (TPSA) is 69.6 Å². The van der Waals surface area contributed by atoms with Gasteiger partial charge in [-0.2, -0.15) is 0 Å². The lowest BCUT2D eigenvalue weighted by Crippen LogP contribution is -2.54. The Morgan fingerprint density at radius 3 is 3.04 bits per heavy atom. The third-order valence-electron chi connectivity index (χ3n) is 4.28. The Balaban J connectivity index is 1.69. The molecule has 0 spiro atoms. The van der Waals surface area contributed by atoms with E-state index >= 15 is 0 Å². The van der Waals surface area contributed by atoms with E-state index in [1.807, 2.05) is 30.5 Å². The van der Waals surface area contributed by atoms with Crippen LogP contribution in [0.5, 0.6) is 0 Å². The van der Waals surface area contributed by atoms with Crippen LogP contribution in [-0.4, -0.2) is 58.2 Å². The van der Waals surface area contributed by atoms with E-state index in [9.17, 15) is 9.90 Å². The van der Waals surface area contributed by atoms with Crippen molar-refractivity contribution < 1.29 is 9.90 Å². The molecule has 1 amide bonds. The molecule has 1 aliphatic rings. The number of aliphatic hydroxyl groups is 1. The van der Waals surface area contributed by atoms with Crippen LogP contribution >= 0.6 is 11.3 Å². The number of β-amino-alcohol motifs (C(OH)–C–C–N with tert-alkyl or cyclic N) is 1. The highest BCUT2D eigenvalue weighted by Gasteiger charge is 2.36. The monoisotopic (exact) mass is 346 g/mol. The number of hydrogen-bond acceptors (Lipinski definition) is 6. The lowest BCUT2D eigenvalue weighted by molar-refractivity contribution is -0.0000169. The average Bonchev–Trinajstić information content (AvgIpc) is 3.08. The third kappa shape index (κ3) is 3.73. The van der Waals surface area contributed by atoms with Crippen LogP contribution in [0.15, 0.2) is 29.9 Å². The maximum Gasteiger partial charge on any atom is 0.263 e. The van der Waals surface area contributed by atoms with Crippen LogP contribution in [0.1, 0.15) is 28.2 Å². The number of likely N-dealkylation sites (N-methyl/N-ethyl adjacent to an activating group) is 1. The Kier molecular flexibility index (Phi) is 4.82. The number of hydrogen-bond donors (Lipinski definition) is 1. The summed E-state index contributed by atoms with van der Waals surface area (Å²) in [6.07, 6.45) is 3.08. The number of carbonyl (C=O) groups excluding carboxylic acids is 1. The molecule has 1 atom stereocenters. The number of thiophene rings is 1. The zero-order valence-corrected chi connectivity index (χ0v) is 14.8. The molecule has 1 aliphatic heterocycles. The van der Waals surface area contributed by atoms with Crippen LogP contribution < -0.4 is 4.90 Å². The predicted octanol–water partition coefficient (Wildman–Crippen LogP) is 1.95. The fraction of sp³-hybridized carbons (Fsp3) is 0.471. The van der Waals surface area contributed by atoms with Gasteiger partial charge in [-0.25, -0.2) is 9.97 Å². The summed E-state index contributed by atoms with van der Waals surface area (Å²) >= 11 is 1.42. The summed E-state index contributed by atoms with van der Waals surface area (Å²) in [6.45, 7) is 3.55. The first-order valence-corrected chi connectivity index (χ1v) is 8.90. The van der Waals surface area contributed by atoms with Crippen LogP contribution in [0.3, 0.4) is 0 Å². The van der Waals surface area contributed by atoms with Gasteiger partial charge < -0.3 is 14.9 Å². The quantitative estimate of drug-likeness (QED) is 0.916. The molecular weight excluding hydrogens is 324 g/mol. The number of rotatable bonds is 4. The second-order valence-corrected chi connectivity index (χ2v) is 7.35. The second kappa shape index (κ2) is 6.86. The van der Waals surface area contributed by atoms with E-state index in [0.29, 0.717) is 24.4 Å². The molecular formula is C17H22N4O2S. The van der Waals surface area contributed by atoms with E-state index in [-0.39, 0.29) is 5.91 Å². The van der Waals surface area contributed by atoms with Crippen LogP contribution in [0, 0.1) is 6.92 Å². The average molecular weight is 346 g/mol. The van der Waals surface area contributed by atoms with Crippen molar-refractivity contribution in [2.45, 2.75) is 25.4 Å². The summed E-state index contributed by atoms with van der Waals surface area (Å²) in [6, 6.07) is 5.59.